The van der Waals surface area contributed by atoms with Gasteiger partial charge in [-0.1, -0.05) is 50.6 Å². The molecule has 0 aromatic rings. The quantitative estimate of drug-likeness (QED) is 0.419. The molecule has 3 fully saturated rings. The van der Waals surface area contributed by atoms with Gasteiger partial charge in [0.05, 0.1) is 6.10 Å². The van der Waals surface area contributed by atoms with Crippen molar-refractivity contribution in [2.24, 2.45) is 29.1 Å². The zero-order valence-corrected chi connectivity index (χ0v) is 20.8. The van der Waals surface area contributed by atoms with Crippen molar-refractivity contribution in [3.63, 3.8) is 0 Å². The molecule has 2 N–H and O–H groups in total. The van der Waals surface area contributed by atoms with Gasteiger partial charge in [-0.2, -0.15) is 0 Å². The molecule has 0 radical (unpaired) electrons. The van der Waals surface area contributed by atoms with Crippen molar-refractivity contribution in [1.82, 2.24) is 0 Å². The highest BCUT2D eigenvalue weighted by molar-refractivity contribution is 5.29. The predicted molar refractivity (Wildman–Crippen MR) is 128 cm³/mol. The van der Waals surface area contributed by atoms with Crippen LogP contribution in [0.25, 0.3) is 0 Å². The molecule has 3 aliphatic rings. The topological polar surface area (TPSA) is 40.5 Å². The van der Waals surface area contributed by atoms with Crippen LogP contribution in [0.15, 0.2) is 35.5 Å². The lowest BCUT2D eigenvalue weighted by Gasteiger charge is -2.44. The summed E-state index contributed by atoms with van der Waals surface area (Å²) in [6, 6.07) is 0. The molecule has 2 nitrogen and oxygen atoms in total. The molecule has 4 unspecified atom stereocenters. The summed E-state index contributed by atoms with van der Waals surface area (Å²) in [7, 11) is 0. The molecular formula is C28H44F2O2. The Labute approximate surface area is 193 Å². The van der Waals surface area contributed by atoms with Crippen molar-refractivity contribution in [2.45, 2.75) is 110 Å². The van der Waals surface area contributed by atoms with Crippen molar-refractivity contribution in [2.75, 3.05) is 0 Å². The molecule has 0 saturated heterocycles. The number of halogens is 2. The molecule has 0 amide bonds. The minimum Gasteiger partial charge on any atom is -0.388 e. The van der Waals surface area contributed by atoms with Gasteiger partial charge < -0.3 is 10.2 Å². The molecule has 0 aromatic heterocycles. The van der Waals surface area contributed by atoms with Crippen LogP contribution in [0.3, 0.4) is 0 Å². The van der Waals surface area contributed by atoms with E-state index in [-0.39, 0.29) is 17.8 Å². The van der Waals surface area contributed by atoms with Crippen LogP contribution in [0, 0.1) is 29.1 Å². The Kier molecular flexibility index (Phi) is 7.47. The third kappa shape index (κ3) is 5.06. The average Bonchev–Trinajstić information content (AvgIpc) is 3.05. The van der Waals surface area contributed by atoms with Gasteiger partial charge in [-0.25, -0.2) is 8.78 Å². The van der Waals surface area contributed by atoms with Crippen LogP contribution in [0.4, 0.5) is 8.78 Å². The Balaban J connectivity index is 1.70. The molecular weight excluding hydrogens is 406 g/mol. The number of alkyl halides is 2. The molecule has 3 aliphatic carbocycles. The summed E-state index contributed by atoms with van der Waals surface area (Å²) >= 11 is 0. The lowest BCUT2D eigenvalue weighted by Crippen LogP contribution is -2.43. The molecule has 3 saturated carbocycles. The van der Waals surface area contributed by atoms with Crippen LogP contribution in [0.2, 0.25) is 0 Å². The third-order valence-corrected chi connectivity index (χ3v) is 9.15. The van der Waals surface area contributed by atoms with Gasteiger partial charge in [-0.15, -0.1) is 0 Å². The van der Waals surface area contributed by atoms with Crippen molar-refractivity contribution in [1.29, 1.82) is 0 Å². The first kappa shape index (κ1) is 25.6. The summed E-state index contributed by atoms with van der Waals surface area (Å²) in [5.74, 6) is -1.55. The Bertz CT molecular complexity index is 744. The lowest BCUT2D eigenvalue weighted by atomic mass is 9.60. The summed E-state index contributed by atoms with van der Waals surface area (Å²) in [5.41, 5.74) is 1.95. The minimum atomic E-state index is -3.06. The van der Waals surface area contributed by atoms with Crippen molar-refractivity contribution in [3.8, 4) is 0 Å². The number of allylic oxidation sites excluding steroid dienone is 3. The van der Waals surface area contributed by atoms with E-state index in [1.54, 1.807) is 0 Å². The summed E-state index contributed by atoms with van der Waals surface area (Å²) in [5, 5.41) is 20.1. The van der Waals surface area contributed by atoms with E-state index in [0.717, 1.165) is 44.1 Å². The van der Waals surface area contributed by atoms with Gasteiger partial charge in [0.2, 0.25) is 0 Å². The maximum absolute atomic E-state index is 14.3. The number of hydrogen-bond acceptors (Lipinski definition) is 2. The van der Waals surface area contributed by atoms with Crippen LogP contribution in [0.5, 0.6) is 0 Å². The van der Waals surface area contributed by atoms with E-state index < -0.39 is 17.6 Å². The first-order valence-corrected chi connectivity index (χ1v) is 12.6. The van der Waals surface area contributed by atoms with Crippen LogP contribution < -0.4 is 0 Å². The highest BCUT2D eigenvalue weighted by Crippen LogP contribution is 2.60. The fraction of sp³-hybridized carbons (Fsp3) is 0.786. The summed E-state index contributed by atoms with van der Waals surface area (Å²) in [6.07, 6.45) is 11.7. The summed E-state index contributed by atoms with van der Waals surface area (Å²) in [6.45, 7) is 13.1. The second kappa shape index (κ2) is 9.33. The maximum Gasteiger partial charge on any atom is 0.275 e. The zero-order valence-electron chi connectivity index (χ0n) is 20.8. The summed E-state index contributed by atoms with van der Waals surface area (Å²) < 4.78 is 28.7. The fourth-order valence-corrected chi connectivity index (χ4v) is 6.81. The van der Waals surface area contributed by atoms with E-state index in [0.29, 0.717) is 30.6 Å². The summed E-state index contributed by atoms with van der Waals surface area (Å²) in [4.78, 5) is 0. The highest BCUT2D eigenvalue weighted by Gasteiger charge is 2.51. The second-order valence-corrected chi connectivity index (χ2v) is 11.8. The molecule has 32 heavy (non-hydrogen) atoms. The van der Waals surface area contributed by atoms with Crippen molar-refractivity contribution in [3.05, 3.63) is 35.5 Å². The Morgan fingerprint density at radius 1 is 1.22 bits per heavy atom. The van der Waals surface area contributed by atoms with E-state index in [1.165, 1.54) is 25.0 Å². The van der Waals surface area contributed by atoms with Crippen LogP contribution in [0.1, 0.15) is 92.4 Å². The number of rotatable bonds is 6. The smallest absolute Gasteiger partial charge is 0.275 e. The largest absolute Gasteiger partial charge is 0.388 e. The fourth-order valence-electron chi connectivity index (χ4n) is 6.81. The van der Waals surface area contributed by atoms with Crippen LogP contribution >= 0.6 is 0 Å². The Morgan fingerprint density at radius 3 is 2.53 bits per heavy atom. The maximum atomic E-state index is 14.3. The van der Waals surface area contributed by atoms with E-state index in [4.69, 9.17) is 0 Å². The lowest BCUT2D eigenvalue weighted by molar-refractivity contribution is -0.168. The first-order chi connectivity index (χ1) is 14.8. The predicted octanol–water partition coefficient (Wildman–Crippen LogP) is 7.23. The number of aliphatic hydroxyl groups excluding tert-OH is 1. The van der Waals surface area contributed by atoms with Gasteiger partial charge >= 0.3 is 0 Å². The Hall–Kier alpha value is -1.00. The van der Waals surface area contributed by atoms with E-state index in [2.05, 4.69) is 39.5 Å². The standard InChI is InChI=1S/C28H44F2O2/c1-18(13-15-28(29,30)26(4,5)32)23-11-12-24-22(8-7-14-27(23,24)6)10-9-21-16-19(2)20(3)25(31)17-21/h9-10,18-19,23-25,31-32H,3,7-8,11-17H2,1-2,4-6H3/b21-9+,22-10+/t18-,19?,23?,24?,25-,27?/m1/s1. The number of hydrogen-bond donors (Lipinski definition) is 2. The van der Waals surface area contributed by atoms with Gasteiger partial charge in [0, 0.05) is 6.42 Å². The minimum absolute atomic E-state index is 0.166. The normalized spacial score (nSPS) is 37.7. The highest BCUT2D eigenvalue weighted by atomic mass is 19.3. The van der Waals surface area contributed by atoms with E-state index in [1.807, 2.05) is 0 Å². The van der Waals surface area contributed by atoms with Crippen molar-refractivity contribution >= 4 is 0 Å². The van der Waals surface area contributed by atoms with Gasteiger partial charge in [-0.3, -0.25) is 0 Å². The van der Waals surface area contributed by atoms with E-state index in [9.17, 15) is 19.0 Å². The molecule has 3 rings (SSSR count). The molecule has 0 aliphatic heterocycles. The molecule has 4 heteroatoms. The van der Waals surface area contributed by atoms with Gasteiger partial charge in [0.1, 0.15) is 5.60 Å². The number of aliphatic hydroxyl groups is 2. The monoisotopic (exact) mass is 450 g/mol. The molecule has 6 atom stereocenters. The average molecular weight is 451 g/mol. The number of fused-ring (bicyclic) bond motifs is 1. The van der Waals surface area contributed by atoms with Crippen LogP contribution in [-0.2, 0) is 0 Å². The SMILES string of the molecule is C=C1C(C)C/C(=C\C=C2/CCCC3(C)C2CCC3[C@H](C)CCC(F)(F)C(C)(C)O)C[C@H]1O. The molecule has 0 aromatic carbocycles. The molecule has 0 bridgehead atoms. The molecule has 0 heterocycles. The zero-order chi connectivity index (χ0) is 23.9. The Morgan fingerprint density at radius 2 is 1.91 bits per heavy atom. The molecule has 0 spiro atoms. The van der Waals surface area contributed by atoms with Gasteiger partial charge in [0.25, 0.3) is 5.92 Å². The van der Waals surface area contributed by atoms with E-state index >= 15 is 0 Å². The molecule has 182 valence electrons. The van der Waals surface area contributed by atoms with Gasteiger partial charge in [-0.05, 0) is 99.9 Å². The van der Waals surface area contributed by atoms with Crippen LogP contribution in [-0.4, -0.2) is 27.8 Å². The first-order valence-electron chi connectivity index (χ1n) is 12.6. The third-order valence-electron chi connectivity index (χ3n) is 9.15. The van der Waals surface area contributed by atoms with Gasteiger partial charge in [0.15, 0.2) is 0 Å². The van der Waals surface area contributed by atoms with Crippen molar-refractivity contribution < 1.29 is 19.0 Å². The second-order valence-electron chi connectivity index (χ2n) is 11.8.